The highest BCUT2D eigenvalue weighted by Gasteiger charge is 2.37. The lowest BCUT2D eigenvalue weighted by Gasteiger charge is -2.22. The Hall–Kier alpha value is -18.6. The Morgan fingerprint density at radius 3 is 0.976 bits per heavy atom. The summed E-state index contributed by atoms with van der Waals surface area (Å²) >= 11 is 0. The first-order valence-corrected chi connectivity index (χ1v) is 36.6. The van der Waals surface area contributed by atoms with Crippen molar-refractivity contribution in [3.05, 3.63) is 300 Å². The Morgan fingerprint density at radius 1 is 0.310 bits per heavy atom. The van der Waals surface area contributed by atoms with Gasteiger partial charge in [-0.2, -0.15) is 0 Å². The predicted molar refractivity (Wildman–Crippen MR) is 419 cm³/mol. The van der Waals surface area contributed by atoms with Crippen molar-refractivity contribution in [2.75, 3.05) is 31.1 Å². The van der Waals surface area contributed by atoms with Gasteiger partial charge in [0.1, 0.15) is 34.2 Å². The van der Waals surface area contributed by atoms with Crippen LogP contribution in [0.25, 0.3) is 0 Å². The third kappa shape index (κ3) is 17.2. The zero-order chi connectivity index (χ0) is 90.1. The maximum absolute atomic E-state index is 14.2. The fraction of sp³-hybridized carbons (Fsp3) is 0.133. The van der Waals surface area contributed by atoms with Crippen LogP contribution in [0.3, 0.4) is 0 Å². The summed E-state index contributed by atoms with van der Waals surface area (Å²) in [6, 6.07) is 14.7. The van der Waals surface area contributed by atoms with Gasteiger partial charge in [0.05, 0.1) is 31.8 Å². The number of aromatic nitrogens is 18. The molecule has 51 nitrogen and oxygen atoms in total. The number of imidazole rings is 7. The molecule has 126 heavy (non-hydrogen) atoms. The summed E-state index contributed by atoms with van der Waals surface area (Å²) in [5.74, 6) is -18.2. The summed E-state index contributed by atoms with van der Waals surface area (Å²) in [6.07, 6.45) is 18.3. The zero-order valence-electron chi connectivity index (χ0n) is 64.4. The standard InChI is InChI=1S/C75H57N27O24/c1-43(103)87-34-23-78-60(87)71(114)90-32-5-9-50(90)69(112)89-31-4-8-49(89)66(109)84-20-16-55(105)93-36-25-79-61(93)72(115)91-33-6-10-51(91)70(113)88-30-3-7-48(88)65(108)83-19-2-11-54(104)92-35-24-81-63(92)74(117)97-40-29-82-64(97)75(118)96-39-28-77-59(96)67(110)85-21-17-56(106)94-37-26-80-62(94)73(116)95-38-27-76-58(95)68(111)86-22-18-57(107)98(46-14-12-44(99(119)120)41-52(46)101(123)124)47-15-13-45(100(121)122)42-53(47)102(125)126/h3-10,12-15,23-42H,2,11,16-22H2,1H3,(H,83,108)(H,84,109)(H,85,110)(H,86,111). The molecule has 0 aliphatic carbocycles. The number of hydrogen-bond donors (Lipinski definition) is 4. The van der Waals surface area contributed by atoms with E-state index < -0.39 is 216 Å². The van der Waals surface area contributed by atoms with E-state index in [9.17, 15) is 117 Å². The largest absolute Gasteiger partial charge is 0.351 e. The van der Waals surface area contributed by atoms with E-state index in [1.54, 1.807) is 0 Å². The molecule has 0 spiro atoms. The molecule has 0 aliphatic heterocycles. The molecule has 0 saturated heterocycles. The van der Waals surface area contributed by atoms with Crippen molar-refractivity contribution >= 4 is 129 Å². The number of carbonyl (C=O) groups is 16. The summed E-state index contributed by atoms with van der Waals surface area (Å²) in [4.78, 5) is 290. The number of nitrogens with zero attached hydrogens (tertiary/aromatic N) is 23. The van der Waals surface area contributed by atoms with E-state index in [4.69, 9.17) is 0 Å². The molecule has 0 saturated carbocycles. The fourth-order valence-electron chi connectivity index (χ4n) is 12.8. The zero-order valence-corrected chi connectivity index (χ0v) is 64.4. The summed E-state index contributed by atoms with van der Waals surface area (Å²) in [7, 11) is 0. The van der Waals surface area contributed by atoms with Crippen LogP contribution in [-0.2, 0) is 4.79 Å². The van der Waals surface area contributed by atoms with Gasteiger partial charge in [0.2, 0.25) is 70.3 Å². The highest BCUT2D eigenvalue weighted by Crippen LogP contribution is 2.42. The Bertz CT molecular complexity index is 6660. The summed E-state index contributed by atoms with van der Waals surface area (Å²) in [5, 5.41) is 57.3. The number of nitro benzene ring substituents is 4. The molecule has 0 fully saturated rings. The molecule has 11 heterocycles. The van der Waals surface area contributed by atoms with Gasteiger partial charge in [0.25, 0.3) is 87.7 Å². The Morgan fingerprint density at radius 2 is 0.603 bits per heavy atom. The van der Waals surface area contributed by atoms with Gasteiger partial charge in [-0.3, -0.25) is 172 Å². The minimum absolute atomic E-state index is 0.0558. The molecule has 0 atom stereocenters. The second-order valence-electron chi connectivity index (χ2n) is 26.2. The number of benzene rings is 2. The molecule has 0 bridgehead atoms. The van der Waals surface area contributed by atoms with E-state index in [1.165, 1.54) is 98.8 Å². The summed E-state index contributed by atoms with van der Waals surface area (Å²) in [6.45, 7) is -0.449. The molecular weight excluding hydrogens is 1660 g/mol. The molecule has 51 heteroatoms. The van der Waals surface area contributed by atoms with Gasteiger partial charge in [0.15, 0.2) is 0 Å². The van der Waals surface area contributed by atoms with Crippen LogP contribution in [-0.4, -0.2) is 226 Å². The number of anilines is 2. The molecule has 13 rings (SSSR count). The van der Waals surface area contributed by atoms with Gasteiger partial charge in [-0.15, -0.1) is 0 Å². The van der Waals surface area contributed by atoms with Crippen LogP contribution >= 0.6 is 0 Å². The molecule has 636 valence electrons. The van der Waals surface area contributed by atoms with Crippen molar-refractivity contribution < 1.29 is 96.4 Å². The van der Waals surface area contributed by atoms with Crippen LogP contribution < -0.4 is 26.2 Å². The van der Waals surface area contributed by atoms with E-state index in [2.05, 4.69) is 56.2 Å². The SMILES string of the molecule is CC(=O)n1ccnc1C(=O)n1cccc1C(=O)n1cccc1C(=O)NCCC(=O)n1ccnc1C(=O)n1cccc1C(=O)n1cccc1C(=O)NCCCC(=O)n1ccnc1C(=O)n1ccnc1C(=O)n1ccnc1C(=O)NCCC(=O)n1ccnc1C(=O)n1ccnc1C(=O)NCCC(=O)N(c1ccc([N+](=O)[O-])cc1[N+](=O)[O-])c1ccc([N+](=O)[O-])cc1[N+](=O)[O-]. The number of rotatable bonds is 30. The molecule has 5 amide bonds. The average molecular weight is 1720 g/mol. The van der Waals surface area contributed by atoms with Crippen molar-refractivity contribution in [2.24, 2.45) is 0 Å². The normalized spacial score (nSPS) is 11.0. The van der Waals surface area contributed by atoms with Crippen LogP contribution in [0.5, 0.6) is 0 Å². The number of hydrogen-bond acceptors (Lipinski definition) is 31. The number of nitrogens with one attached hydrogen (secondary N) is 4. The maximum Gasteiger partial charge on any atom is 0.300 e. The van der Waals surface area contributed by atoms with E-state index in [0.717, 1.165) is 138 Å². The van der Waals surface area contributed by atoms with Gasteiger partial charge < -0.3 is 21.3 Å². The number of carbonyl (C=O) groups excluding carboxylic acids is 16. The molecule has 0 unspecified atom stereocenters. The van der Waals surface area contributed by atoms with Crippen LogP contribution in [0, 0.1) is 40.5 Å². The number of amides is 5. The second-order valence-corrected chi connectivity index (χ2v) is 26.2. The maximum atomic E-state index is 14.2. The van der Waals surface area contributed by atoms with Crippen LogP contribution in [0.4, 0.5) is 34.1 Å². The molecule has 11 aromatic heterocycles. The summed E-state index contributed by atoms with van der Waals surface area (Å²) in [5.41, 5.74) is -6.12. The third-order valence-corrected chi connectivity index (χ3v) is 18.6. The molecular formula is C75H57N27O24. The highest BCUT2D eigenvalue weighted by molar-refractivity contribution is 6.10. The smallest absolute Gasteiger partial charge is 0.300 e. The van der Waals surface area contributed by atoms with Crippen molar-refractivity contribution in [1.82, 2.24) is 106 Å². The monoisotopic (exact) mass is 1720 g/mol. The van der Waals surface area contributed by atoms with Gasteiger partial charge >= 0.3 is 0 Å². The first-order valence-electron chi connectivity index (χ1n) is 36.6. The van der Waals surface area contributed by atoms with Crippen molar-refractivity contribution in [1.29, 1.82) is 0 Å². The molecule has 2 aromatic carbocycles. The van der Waals surface area contributed by atoms with E-state index in [1.807, 2.05) is 0 Å². The quantitative estimate of drug-likeness (QED) is 0.0283. The fourth-order valence-corrected chi connectivity index (χ4v) is 12.8. The minimum atomic E-state index is -1.23. The van der Waals surface area contributed by atoms with Gasteiger partial charge in [-0.25, -0.2) is 34.9 Å². The van der Waals surface area contributed by atoms with E-state index >= 15 is 0 Å². The third-order valence-electron chi connectivity index (χ3n) is 18.6. The van der Waals surface area contributed by atoms with E-state index in [0.29, 0.717) is 21.6 Å². The summed E-state index contributed by atoms with van der Waals surface area (Å²) < 4.78 is 9.46. The lowest BCUT2D eigenvalue weighted by Crippen LogP contribution is -2.34. The lowest BCUT2D eigenvalue weighted by molar-refractivity contribution is -0.393. The first kappa shape index (κ1) is 85.2. The molecule has 4 N–H and O–H groups in total. The first-order chi connectivity index (χ1) is 60.4. The predicted octanol–water partition coefficient (Wildman–Crippen LogP) is 3.64. The lowest BCUT2D eigenvalue weighted by atomic mass is 10.1. The molecule has 0 radical (unpaired) electrons. The Labute approximate surface area is 699 Å². The highest BCUT2D eigenvalue weighted by atomic mass is 16.6. The van der Waals surface area contributed by atoms with Crippen LogP contribution in [0.15, 0.2) is 196 Å². The number of nitro groups is 4. The minimum Gasteiger partial charge on any atom is -0.351 e. The van der Waals surface area contributed by atoms with Crippen LogP contribution in [0.1, 0.15) is 174 Å². The Balaban J connectivity index is 0.570. The van der Waals surface area contributed by atoms with Crippen LogP contribution in [0.2, 0.25) is 0 Å². The average Bonchev–Trinajstić information content (AvgIpc) is 1.51. The Kier molecular flexibility index (Phi) is 24.5. The molecule has 13 aromatic rings. The van der Waals surface area contributed by atoms with Crippen molar-refractivity contribution in [3.63, 3.8) is 0 Å². The van der Waals surface area contributed by atoms with Gasteiger partial charge in [-0.05, 0) is 67.1 Å². The number of non-ortho nitro benzene ring substituents is 2. The topological polar surface area (TPSA) is 641 Å². The van der Waals surface area contributed by atoms with Gasteiger partial charge in [-0.1, -0.05) is 0 Å². The van der Waals surface area contributed by atoms with Gasteiger partial charge in [0, 0.05) is 182 Å². The van der Waals surface area contributed by atoms with E-state index in [-0.39, 0.29) is 54.5 Å². The van der Waals surface area contributed by atoms with Crippen molar-refractivity contribution in [2.45, 2.75) is 39.0 Å². The molecule has 0 aliphatic rings. The second kappa shape index (κ2) is 36.3. The van der Waals surface area contributed by atoms with Crippen molar-refractivity contribution in [3.8, 4) is 0 Å².